The Morgan fingerprint density at radius 2 is 1.61 bits per heavy atom. The Balaban J connectivity index is 1.47. The zero-order valence-electron chi connectivity index (χ0n) is 21.3. The molecule has 2 aromatic carbocycles. The van der Waals surface area contributed by atoms with Gasteiger partial charge in [-0.25, -0.2) is 8.42 Å². The Morgan fingerprint density at radius 3 is 2.29 bits per heavy atom. The fourth-order valence-corrected chi connectivity index (χ4v) is 6.45. The van der Waals surface area contributed by atoms with Gasteiger partial charge in [0, 0.05) is 25.5 Å². The van der Waals surface area contributed by atoms with Crippen LogP contribution >= 0.6 is 0 Å². The maximum atomic E-state index is 13.5. The van der Waals surface area contributed by atoms with Crippen LogP contribution in [0.5, 0.6) is 0 Å². The molecule has 38 heavy (non-hydrogen) atoms. The topological polar surface area (TPSA) is 108 Å². The zero-order chi connectivity index (χ0) is 26.8. The van der Waals surface area contributed by atoms with E-state index in [1.165, 1.54) is 4.31 Å². The molecule has 2 heterocycles. The van der Waals surface area contributed by atoms with E-state index < -0.39 is 28.0 Å². The molecular formula is C29H34N4O4S. The molecule has 0 aliphatic carbocycles. The van der Waals surface area contributed by atoms with Crippen molar-refractivity contribution in [3.63, 3.8) is 0 Å². The second kappa shape index (κ2) is 13.3. The minimum atomic E-state index is -3.72. The highest BCUT2D eigenvalue weighted by atomic mass is 32.2. The Bertz CT molecular complexity index is 1290. The van der Waals surface area contributed by atoms with Crippen LogP contribution in [-0.2, 0) is 38.3 Å². The lowest BCUT2D eigenvalue weighted by Gasteiger charge is -2.34. The molecule has 1 aliphatic rings. The highest BCUT2D eigenvalue weighted by molar-refractivity contribution is 7.88. The van der Waals surface area contributed by atoms with Gasteiger partial charge in [0.2, 0.25) is 21.8 Å². The van der Waals surface area contributed by atoms with E-state index in [0.717, 1.165) is 17.5 Å². The van der Waals surface area contributed by atoms with Gasteiger partial charge in [-0.2, -0.15) is 4.31 Å². The quantitative estimate of drug-likeness (QED) is 0.393. The van der Waals surface area contributed by atoms with Gasteiger partial charge in [0.25, 0.3) is 0 Å². The summed E-state index contributed by atoms with van der Waals surface area (Å²) in [6.07, 6.45) is 6.18. The maximum Gasteiger partial charge on any atom is 0.242 e. The molecule has 9 heteroatoms. The molecule has 3 aromatic rings. The Morgan fingerprint density at radius 1 is 0.921 bits per heavy atom. The first-order chi connectivity index (χ1) is 18.4. The van der Waals surface area contributed by atoms with Crippen LogP contribution in [0.4, 0.5) is 0 Å². The molecule has 2 amide bonds. The first kappa shape index (κ1) is 27.5. The van der Waals surface area contributed by atoms with Gasteiger partial charge in [-0.1, -0.05) is 73.2 Å². The number of rotatable bonds is 11. The van der Waals surface area contributed by atoms with Crippen LogP contribution < -0.4 is 10.6 Å². The average molecular weight is 535 g/mol. The predicted molar refractivity (Wildman–Crippen MR) is 146 cm³/mol. The second-order valence-electron chi connectivity index (χ2n) is 9.53. The lowest BCUT2D eigenvalue weighted by molar-refractivity contribution is -0.131. The maximum absolute atomic E-state index is 13.5. The van der Waals surface area contributed by atoms with E-state index in [9.17, 15) is 18.0 Å². The van der Waals surface area contributed by atoms with Crippen LogP contribution in [0.25, 0.3) is 0 Å². The van der Waals surface area contributed by atoms with E-state index in [2.05, 4.69) is 15.6 Å². The number of sulfonamides is 1. The molecule has 0 spiro atoms. The summed E-state index contributed by atoms with van der Waals surface area (Å²) in [4.78, 5) is 30.8. The highest BCUT2D eigenvalue weighted by Crippen LogP contribution is 2.23. The van der Waals surface area contributed by atoms with Crippen molar-refractivity contribution in [2.24, 2.45) is 0 Å². The number of aryl methyl sites for hydroxylation is 1. The first-order valence-corrected chi connectivity index (χ1v) is 14.6. The molecule has 1 saturated heterocycles. The van der Waals surface area contributed by atoms with E-state index in [4.69, 9.17) is 0 Å². The normalized spacial score (nSPS) is 16.9. The van der Waals surface area contributed by atoms with Crippen LogP contribution in [-0.4, -0.2) is 48.1 Å². The summed E-state index contributed by atoms with van der Waals surface area (Å²) in [5, 5.41) is 5.78. The number of amides is 2. The van der Waals surface area contributed by atoms with Crippen molar-refractivity contribution in [2.75, 3.05) is 6.54 Å². The van der Waals surface area contributed by atoms with Crippen LogP contribution in [0.1, 0.15) is 42.4 Å². The van der Waals surface area contributed by atoms with Crippen LogP contribution in [0.2, 0.25) is 0 Å². The van der Waals surface area contributed by atoms with Crippen LogP contribution in [0, 0.1) is 0 Å². The molecule has 0 unspecified atom stereocenters. The lowest BCUT2D eigenvalue weighted by Crippen LogP contribution is -2.56. The second-order valence-corrected chi connectivity index (χ2v) is 11.5. The number of benzene rings is 2. The fourth-order valence-electron chi connectivity index (χ4n) is 4.68. The first-order valence-electron chi connectivity index (χ1n) is 13.0. The molecular weight excluding hydrogens is 500 g/mol. The van der Waals surface area contributed by atoms with Gasteiger partial charge in [0.15, 0.2) is 0 Å². The van der Waals surface area contributed by atoms with Gasteiger partial charge in [0.1, 0.15) is 12.1 Å². The van der Waals surface area contributed by atoms with Crippen molar-refractivity contribution in [1.29, 1.82) is 0 Å². The van der Waals surface area contributed by atoms with Crippen molar-refractivity contribution in [3.05, 3.63) is 102 Å². The summed E-state index contributed by atoms with van der Waals surface area (Å²) in [6.45, 7) is 0.570. The molecule has 1 aliphatic heterocycles. The average Bonchev–Trinajstić information content (AvgIpc) is 2.95. The molecule has 1 fully saturated rings. The molecule has 0 saturated carbocycles. The lowest BCUT2D eigenvalue weighted by atomic mass is 10.0. The van der Waals surface area contributed by atoms with Crippen LogP contribution in [0.15, 0.2) is 85.2 Å². The number of pyridine rings is 1. The number of carbonyl (C=O) groups excluding carboxylic acids is 2. The summed E-state index contributed by atoms with van der Waals surface area (Å²) >= 11 is 0. The number of piperidine rings is 1. The third-order valence-electron chi connectivity index (χ3n) is 6.69. The van der Waals surface area contributed by atoms with Crippen molar-refractivity contribution in [1.82, 2.24) is 19.9 Å². The van der Waals surface area contributed by atoms with E-state index in [-0.39, 0.29) is 24.7 Å². The Hall–Kier alpha value is -3.56. The molecule has 2 N–H and O–H groups in total. The van der Waals surface area contributed by atoms with Crippen molar-refractivity contribution >= 4 is 21.8 Å². The largest absolute Gasteiger partial charge is 0.350 e. The van der Waals surface area contributed by atoms with E-state index in [0.29, 0.717) is 31.2 Å². The zero-order valence-corrected chi connectivity index (χ0v) is 22.1. The summed E-state index contributed by atoms with van der Waals surface area (Å²) < 4.78 is 28.0. The number of carbonyl (C=O) groups is 2. The number of hydrogen-bond donors (Lipinski definition) is 2. The van der Waals surface area contributed by atoms with Gasteiger partial charge in [-0.05, 0) is 48.4 Å². The van der Waals surface area contributed by atoms with Crippen molar-refractivity contribution in [2.45, 2.75) is 56.5 Å². The van der Waals surface area contributed by atoms with E-state index in [1.54, 1.807) is 42.7 Å². The van der Waals surface area contributed by atoms with Crippen molar-refractivity contribution in [3.8, 4) is 0 Å². The van der Waals surface area contributed by atoms with Gasteiger partial charge in [-0.15, -0.1) is 0 Å². The predicted octanol–water partition coefficient (Wildman–Crippen LogP) is 3.20. The Kier molecular flexibility index (Phi) is 9.62. The summed E-state index contributed by atoms with van der Waals surface area (Å²) in [6, 6.07) is 20.7. The number of aromatic nitrogens is 1. The van der Waals surface area contributed by atoms with Crippen molar-refractivity contribution < 1.29 is 18.0 Å². The van der Waals surface area contributed by atoms with E-state index in [1.807, 2.05) is 42.5 Å². The molecule has 8 nitrogen and oxygen atoms in total. The minimum absolute atomic E-state index is 0.166. The smallest absolute Gasteiger partial charge is 0.242 e. The molecule has 2 atom stereocenters. The molecule has 1 aromatic heterocycles. The van der Waals surface area contributed by atoms with Gasteiger partial charge >= 0.3 is 0 Å². The van der Waals surface area contributed by atoms with Gasteiger partial charge < -0.3 is 10.6 Å². The fraction of sp³-hybridized carbons (Fsp3) is 0.345. The number of hydrogen-bond acceptors (Lipinski definition) is 5. The standard InChI is InChI=1S/C29H34N4O4S/c34-28(31-21-25-14-9-18-30-20-25)26(17-16-23-10-3-1-4-11-23)32-29(35)27-15-7-8-19-33(27)38(36,37)22-24-12-5-2-6-13-24/h1-6,9-14,18,20,26-27H,7-8,15-17,19,21-22H2,(H,31,34)(H,32,35)/t26-,27-/m0/s1. The minimum Gasteiger partial charge on any atom is -0.350 e. The van der Waals surface area contributed by atoms with Crippen LogP contribution in [0.3, 0.4) is 0 Å². The Labute approximate surface area is 224 Å². The summed E-state index contributed by atoms with van der Waals surface area (Å²) in [5.74, 6) is -0.913. The summed E-state index contributed by atoms with van der Waals surface area (Å²) in [7, 11) is -3.72. The highest BCUT2D eigenvalue weighted by Gasteiger charge is 2.38. The number of nitrogens with zero attached hydrogens (tertiary/aromatic N) is 2. The molecule has 4 rings (SSSR count). The van der Waals surface area contributed by atoms with Gasteiger partial charge in [-0.3, -0.25) is 14.6 Å². The molecule has 0 bridgehead atoms. The third-order valence-corrected chi connectivity index (χ3v) is 8.54. The van der Waals surface area contributed by atoms with E-state index >= 15 is 0 Å². The molecule has 0 radical (unpaired) electrons. The SMILES string of the molecule is O=C(NCc1cccnc1)[C@H](CCc1ccccc1)NC(=O)[C@@H]1CCCCN1S(=O)(=O)Cc1ccccc1. The van der Waals surface area contributed by atoms with Gasteiger partial charge in [0.05, 0.1) is 5.75 Å². The monoisotopic (exact) mass is 534 g/mol. The third kappa shape index (κ3) is 7.72. The molecule has 200 valence electrons. The summed E-state index contributed by atoms with van der Waals surface area (Å²) in [5.41, 5.74) is 2.57. The number of nitrogens with one attached hydrogen (secondary N) is 2.